The number of rotatable bonds is 7. The molecule has 0 aliphatic carbocycles. The number of para-hydroxylation sites is 1. The van der Waals surface area contributed by atoms with Gasteiger partial charge in [0.05, 0.1) is 13.2 Å². The van der Waals surface area contributed by atoms with Crippen LogP contribution < -0.4 is 4.74 Å². The number of piperidine rings is 1. The zero-order chi connectivity index (χ0) is 19.1. The van der Waals surface area contributed by atoms with E-state index in [1.165, 1.54) is 0 Å². The summed E-state index contributed by atoms with van der Waals surface area (Å²) >= 11 is 1.66. The van der Waals surface area contributed by atoms with Gasteiger partial charge >= 0.3 is 0 Å². The molecular formula is C22H27NO3S. The first-order valence-electron chi connectivity index (χ1n) is 9.38. The van der Waals surface area contributed by atoms with E-state index in [-0.39, 0.29) is 17.9 Å². The monoisotopic (exact) mass is 385 g/mol. The fourth-order valence-corrected chi connectivity index (χ4v) is 4.02. The molecule has 4 nitrogen and oxygen atoms in total. The standard InChI is InChI=1S/C22H27NO3S/c1-27-20-10-8-18(9-11-20)21(25)23-14-5-12-22(16-23,17-24)13-15-26-19-6-3-2-4-7-19/h2-4,6-11,24H,5,12-17H2,1H3. The largest absolute Gasteiger partial charge is 0.494 e. The molecule has 27 heavy (non-hydrogen) atoms. The second kappa shape index (κ2) is 9.29. The van der Waals surface area contributed by atoms with Crippen LogP contribution in [-0.2, 0) is 0 Å². The Morgan fingerprint density at radius 2 is 1.93 bits per heavy atom. The lowest BCUT2D eigenvalue weighted by Crippen LogP contribution is -2.48. The molecule has 0 bridgehead atoms. The molecule has 1 aliphatic rings. The van der Waals surface area contributed by atoms with E-state index in [1.54, 1.807) is 11.8 Å². The van der Waals surface area contributed by atoms with E-state index in [1.807, 2.05) is 65.8 Å². The maximum Gasteiger partial charge on any atom is 0.253 e. The Morgan fingerprint density at radius 1 is 1.19 bits per heavy atom. The first-order chi connectivity index (χ1) is 13.2. The van der Waals surface area contributed by atoms with Crippen LogP contribution in [0, 0.1) is 5.41 Å². The molecule has 2 aromatic carbocycles. The van der Waals surface area contributed by atoms with Gasteiger partial charge < -0.3 is 14.7 Å². The van der Waals surface area contributed by atoms with Crippen molar-refractivity contribution in [1.29, 1.82) is 0 Å². The zero-order valence-electron chi connectivity index (χ0n) is 15.8. The van der Waals surface area contributed by atoms with Crippen LogP contribution in [-0.4, -0.2) is 48.5 Å². The van der Waals surface area contributed by atoms with E-state index >= 15 is 0 Å². The number of likely N-dealkylation sites (tertiary alicyclic amines) is 1. The molecule has 1 aliphatic heterocycles. The topological polar surface area (TPSA) is 49.8 Å². The number of amides is 1. The van der Waals surface area contributed by atoms with Crippen LogP contribution in [0.5, 0.6) is 5.75 Å². The number of thioether (sulfide) groups is 1. The molecule has 0 spiro atoms. The third-order valence-corrected chi connectivity index (χ3v) is 6.01. The maximum atomic E-state index is 12.9. The van der Waals surface area contributed by atoms with Crippen LogP contribution in [0.4, 0.5) is 0 Å². The summed E-state index contributed by atoms with van der Waals surface area (Å²) < 4.78 is 5.82. The average molecular weight is 386 g/mol. The highest BCUT2D eigenvalue weighted by molar-refractivity contribution is 7.98. The number of hydrogen-bond donors (Lipinski definition) is 1. The summed E-state index contributed by atoms with van der Waals surface area (Å²) in [7, 11) is 0. The summed E-state index contributed by atoms with van der Waals surface area (Å²) in [6, 6.07) is 17.5. The molecule has 5 heteroatoms. The molecule has 1 amide bonds. The van der Waals surface area contributed by atoms with E-state index in [4.69, 9.17) is 4.74 Å². The number of ether oxygens (including phenoxy) is 1. The second-order valence-corrected chi connectivity index (χ2v) is 8.01. The van der Waals surface area contributed by atoms with Crippen molar-refractivity contribution in [2.75, 3.05) is 32.6 Å². The summed E-state index contributed by atoms with van der Waals surface area (Å²) in [4.78, 5) is 15.9. The molecule has 0 aromatic heterocycles. The van der Waals surface area contributed by atoms with Crippen molar-refractivity contribution in [3.63, 3.8) is 0 Å². The van der Waals surface area contributed by atoms with Crippen molar-refractivity contribution in [3.05, 3.63) is 60.2 Å². The summed E-state index contributed by atoms with van der Waals surface area (Å²) in [6.45, 7) is 1.92. The lowest BCUT2D eigenvalue weighted by Gasteiger charge is -2.42. The summed E-state index contributed by atoms with van der Waals surface area (Å²) in [5.41, 5.74) is 0.420. The Labute approximate surface area is 165 Å². The van der Waals surface area contributed by atoms with Crippen LogP contribution >= 0.6 is 11.8 Å². The summed E-state index contributed by atoms with van der Waals surface area (Å²) in [5, 5.41) is 10.1. The van der Waals surface area contributed by atoms with Gasteiger partial charge in [0.15, 0.2) is 0 Å². The van der Waals surface area contributed by atoms with Crippen LogP contribution in [0.15, 0.2) is 59.5 Å². The number of benzene rings is 2. The molecule has 2 aromatic rings. The van der Waals surface area contributed by atoms with Gasteiger partial charge in [-0.1, -0.05) is 18.2 Å². The Balaban J connectivity index is 1.62. The van der Waals surface area contributed by atoms with E-state index in [9.17, 15) is 9.90 Å². The quantitative estimate of drug-likeness (QED) is 0.729. The van der Waals surface area contributed by atoms with Crippen LogP contribution in [0.2, 0.25) is 0 Å². The Morgan fingerprint density at radius 3 is 2.59 bits per heavy atom. The number of hydrogen-bond acceptors (Lipinski definition) is 4. The molecule has 1 atom stereocenters. The number of nitrogens with zero attached hydrogens (tertiary/aromatic N) is 1. The number of aliphatic hydroxyl groups excluding tert-OH is 1. The number of carbonyl (C=O) groups is 1. The van der Waals surface area contributed by atoms with Gasteiger partial charge in [-0.05, 0) is 61.9 Å². The minimum atomic E-state index is -0.290. The van der Waals surface area contributed by atoms with Crippen LogP contribution in [0.1, 0.15) is 29.6 Å². The molecule has 1 N–H and O–H groups in total. The minimum Gasteiger partial charge on any atom is -0.494 e. The van der Waals surface area contributed by atoms with Crippen LogP contribution in [0.3, 0.4) is 0 Å². The SMILES string of the molecule is CSc1ccc(C(=O)N2CCCC(CO)(CCOc3ccccc3)C2)cc1. The Kier molecular flexibility index (Phi) is 6.80. The lowest BCUT2D eigenvalue weighted by atomic mass is 9.78. The van der Waals surface area contributed by atoms with Crippen molar-refractivity contribution >= 4 is 17.7 Å². The molecule has 1 saturated heterocycles. The number of carbonyl (C=O) groups excluding carboxylic acids is 1. The van der Waals surface area contributed by atoms with Gasteiger partial charge in [-0.3, -0.25) is 4.79 Å². The Hall–Kier alpha value is -1.98. The number of aliphatic hydroxyl groups is 1. The first-order valence-corrected chi connectivity index (χ1v) is 10.6. The highest BCUT2D eigenvalue weighted by Gasteiger charge is 2.36. The second-order valence-electron chi connectivity index (χ2n) is 7.13. The van der Waals surface area contributed by atoms with Gasteiger partial charge in [0.1, 0.15) is 5.75 Å². The van der Waals surface area contributed by atoms with E-state index in [2.05, 4.69) is 0 Å². The van der Waals surface area contributed by atoms with Gasteiger partial charge in [0.2, 0.25) is 0 Å². The average Bonchev–Trinajstić information content (AvgIpc) is 2.74. The molecule has 144 valence electrons. The van der Waals surface area contributed by atoms with Crippen molar-refractivity contribution in [2.24, 2.45) is 5.41 Å². The fraction of sp³-hybridized carbons (Fsp3) is 0.409. The van der Waals surface area contributed by atoms with Gasteiger partial charge in [-0.15, -0.1) is 11.8 Å². The minimum absolute atomic E-state index is 0.0455. The normalized spacial score (nSPS) is 19.7. The molecular weight excluding hydrogens is 358 g/mol. The molecule has 1 heterocycles. The highest BCUT2D eigenvalue weighted by Crippen LogP contribution is 2.34. The van der Waals surface area contributed by atoms with E-state index < -0.39 is 0 Å². The molecule has 1 unspecified atom stereocenters. The maximum absolute atomic E-state index is 12.9. The smallest absolute Gasteiger partial charge is 0.253 e. The highest BCUT2D eigenvalue weighted by atomic mass is 32.2. The van der Waals surface area contributed by atoms with Crippen LogP contribution in [0.25, 0.3) is 0 Å². The van der Waals surface area contributed by atoms with E-state index in [0.29, 0.717) is 18.7 Å². The summed E-state index contributed by atoms with van der Waals surface area (Å²) in [5.74, 6) is 0.882. The molecule has 0 radical (unpaired) electrons. The molecule has 0 saturated carbocycles. The van der Waals surface area contributed by atoms with E-state index in [0.717, 1.165) is 36.5 Å². The van der Waals surface area contributed by atoms with Gasteiger partial charge in [0, 0.05) is 29.0 Å². The predicted octanol–water partition coefficient (Wildman–Crippen LogP) is 4.09. The lowest BCUT2D eigenvalue weighted by molar-refractivity contribution is 0.0156. The van der Waals surface area contributed by atoms with Gasteiger partial charge in [-0.25, -0.2) is 0 Å². The Bertz CT molecular complexity index is 735. The third-order valence-electron chi connectivity index (χ3n) is 5.27. The molecule has 3 rings (SSSR count). The van der Waals surface area contributed by atoms with Crippen molar-refractivity contribution < 1.29 is 14.6 Å². The van der Waals surface area contributed by atoms with Gasteiger partial charge in [-0.2, -0.15) is 0 Å². The fourth-order valence-electron chi connectivity index (χ4n) is 3.61. The zero-order valence-corrected chi connectivity index (χ0v) is 16.6. The predicted molar refractivity (Wildman–Crippen MR) is 109 cm³/mol. The van der Waals surface area contributed by atoms with Crippen molar-refractivity contribution in [1.82, 2.24) is 4.90 Å². The van der Waals surface area contributed by atoms with Gasteiger partial charge in [0.25, 0.3) is 5.91 Å². The third kappa shape index (κ3) is 5.05. The van der Waals surface area contributed by atoms with Crippen molar-refractivity contribution in [2.45, 2.75) is 24.2 Å². The first kappa shape index (κ1) is 19.8. The van der Waals surface area contributed by atoms with Crippen molar-refractivity contribution in [3.8, 4) is 5.75 Å². The summed E-state index contributed by atoms with van der Waals surface area (Å²) in [6.07, 6.45) is 4.57. The molecule has 1 fully saturated rings.